The number of carboxylic acids is 1. The number of carbonyl (C=O) groups excluding carboxylic acids is 1. The number of rotatable bonds is 2. The van der Waals surface area contributed by atoms with E-state index in [1.54, 1.807) is 18.3 Å². The van der Waals surface area contributed by atoms with Gasteiger partial charge >= 0.3 is 5.97 Å². The first-order valence-corrected chi connectivity index (χ1v) is 4.24. The lowest BCUT2D eigenvalue weighted by Crippen LogP contribution is -2.16. The first kappa shape index (κ1) is 9.26. The second kappa shape index (κ2) is 3.13. The van der Waals surface area contributed by atoms with Crippen LogP contribution < -0.4 is 5.73 Å². The molecule has 1 aromatic heterocycles. The molecule has 1 amide bonds. The van der Waals surface area contributed by atoms with Crippen LogP contribution in [0, 0.1) is 0 Å². The van der Waals surface area contributed by atoms with Gasteiger partial charge in [-0.2, -0.15) is 0 Å². The summed E-state index contributed by atoms with van der Waals surface area (Å²) in [7, 11) is 0. The van der Waals surface area contributed by atoms with E-state index in [-0.39, 0.29) is 11.1 Å². The largest absolute Gasteiger partial charge is 0.478 e. The van der Waals surface area contributed by atoms with Gasteiger partial charge in [-0.25, -0.2) is 4.79 Å². The number of aromatic nitrogens is 1. The number of carbonyl (C=O) groups is 2. The minimum absolute atomic E-state index is 0.0428. The van der Waals surface area contributed by atoms with Crippen LogP contribution in [0.3, 0.4) is 0 Å². The molecule has 4 N–H and O–H groups in total. The van der Waals surface area contributed by atoms with Crippen molar-refractivity contribution < 1.29 is 14.7 Å². The van der Waals surface area contributed by atoms with Crippen molar-refractivity contribution in [2.24, 2.45) is 5.73 Å². The Morgan fingerprint density at radius 1 is 1.27 bits per heavy atom. The Morgan fingerprint density at radius 2 is 2.00 bits per heavy atom. The summed E-state index contributed by atoms with van der Waals surface area (Å²) in [5, 5.41) is 9.42. The number of nitrogens with one attached hydrogen (secondary N) is 1. The predicted molar refractivity (Wildman–Crippen MR) is 53.8 cm³/mol. The zero-order valence-corrected chi connectivity index (χ0v) is 7.65. The number of H-pyrrole nitrogens is 1. The van der Waals surface area contributed by atoms with E-state index in [0.717, 1.165) is 0 Å². The summed E-state index contributed by atoms with van der Waals surface area (Å²) in [6.45, 7) is 0. The molecule has 0 radical (unpaired) electrons. The third-order valence-electron chi connectivity index (χ3n) is 2.21. The van der Waals surface area contributed by atoms with Gasteiger partial charge in [-0.05, 0) is 18.2 Å². The van der Waals surface area contributed by atoms with E-state index in [0.29, 0.717) is 10.9 Å². The lowest BCUT2D eigenvalue weighted by atomic mass is 10.0. The van der Waals surface area contributed by atoms with Crippen LogP contribution in [0.15, 0.2) is 24.4 Å². The number of primary amides is 1. The molecule has 0 aliphatic carbocycles. The number of carboxylic acid groups (broad SMARTS) is 1. The first-order valence-electron chi connectivity index (χ1n) is 4.24. The second-order valence-electron chi connectivity index (χ2n) is 3.10. The summed E-state index contributed by atoms with van der Waals surface area (Å²) in [6, 6.07) is 4.59. The monoisotopic (exact) mass is 204 g/mol. The normalized spacial score (nSPS) is 10.4. The van der Waals surface area contributed by atoms with Gasteiger partial charge in [0.1, 0.15) is 0 Å². The second-order valence-corrected chi connectivity index (χ2v) is 3.10. The van der Waals surface area contributed by atoms with Crippen LogP contribution in [0.4, 0.5) is 0 Å². The molecule has 1 aromatic carbocycles. The molecule has 5 heteroatoms. The molecule has 0 fully saturated rings. The highest BCUT2D eigenvalue weighted by atomic mass is 16.4. The molecule has 0 saturated carbocycles. The summed E-state index contributed by atoms with van der Waals surface area (Å²) in [6.07, 6.45) is 1.63. The zero-order chi connectivity index (χ0) is 11.0. The van der Waals surface area contributed by atoms with Gasteiger partial charge in [0.05, 0.1) is 11.1 Å². The fraction of sp³-hybridized carbons (Fsp3) is 0. The van der Waals surface area contributed by atoms with Crippen LogP contribution in [0.1, 0.15) is 20.7 Å². The van der Waals surface area contributed by atoms with Crippen molar-refractivity contribution in [1.29, 1.82) is 0 Å². The zero-order valence-electron chi connectivity index (χ0n) is 7.65. The van der Waals surface area contributed by atoms with Crippen molar-refractivity contribution in [3.63, 3.8) is 0 Å². The molecule has 0 atom stereocenters. The number of hydrogen-bond donors (Lipinski definition) is 3. The number of hydrogen-bond acceptors (Lipinski definition) is 2. The highest BCUT2D eigenvalue weighted by Crippen LogP contribution is 2.21. The molecule has 5 nitrogen and oxygen atoms in total. The van der Waals surface area contributed by atoms with Crippen LogP contribution in [-0.4, -0.2) is 22.0 Å². The summed E-state index contributed by atoms with van der Waals surface area (Å²) < 4.78 is 0. The number of fused-ring (bicyclic) bond motifs is 1. The van der Waals surface area contributed by atoms with Gasteiger partial charge in [0.2, 0.25) is 5.91 Å². The van der Waals surface area contributed by atoms with Gasteiger partial charge in [0.15, 0.2) is 0 Å². The number of benzene rings is 1. The third-order valence-corrected chi connectivity index (χ3v) is 2.21. The van der Waals surface area contributed by atoms with Gasteiger partial charge in [0.25, 0.3) is 0 Å². The average molecular weight is 204 g/mol. The van der Waals surface area contributed by atoms with E-state index in [2.05, 4.69) is 4.98 Å². The molecule has 15 heavy (non-hydrogen) atoms. The number of aromatic carboxylic acids is 1. The quantitative estimate of drug-likeness (QED) is 0.679. The highest BCUT2D eigenvalue weighted by Gasteiger charge is 2.17. The molecule has 0 bridgehead atoms. The first-order chi connectivity index (χ1) is 7.11. The van der Waals surface area contributed by atoms with Crippen molar-refractivity contribution in [3.8, 4) is 0 Å². The Bertz CT molecular complexity index is 557. The Kier molecular flexibility index (Phi) is 1.93. The smallest absolute Gasteiger partial charge is 0.336 e. The number of amides is 1. The van der Waals surface area contributed by atoms with Gasteiger partial charge in [-0.15, -0.1) is 0 Å². The molecule has 0 unspecified atom stereocenters. The fourth-order valence-electron chi connectivity index (χ4n) is 1.58. The van der Waals surface area contributed by atoms with Crippen molar-refractivity contribution >= 4 is 22.8 Å². The van der Waals surface area contributed by atoms with Crippen molar-refractivity contribution in [1.82, 2.24) is 4.98 Å². The Balaban J connectivity index is 2.87. The lowest BCUT2D eigenvalue weighted by Gasteiger charge is -2.03. The van der Waals surface area contributed by atoms with Crippen molar-refractivity contribution in [2.45, 2.75) is 0 Å². The SMILES string of the molecule is NC(=O)c1c(C(=O)O)ccc2[nH]ccc12. The lowest BCUT2D eigenvalue weighted by molar-refractivity contribution is 0.0692. The van der Waals surface area contributed by atoms with Gasteiger partial charge in [0, 0.05) is 17.1 Å². The standard InChI is InChI=1S/C10H8N2O3/c11-9(13)8-5-3-4-12-7(5)2-1-6(8)10(14)15/h1-4,12H,(H2,11,13)(H,14,15). The molecular weight excluding hydrogens is 196 g/mol. The van der Waals surface area contributed by atoms with Crippen LogP contribution >= 0.6 is 0 Å². The minimum atomic E-state index is -1.16. The molecule has 1 heterocycles. The van der Waals surface area contributed by atoms with E-state index >= 15 is 0 Å². The molecule has 2 aromatic rings. The molecule has 76 valence electrons. The van der Waals surface area contributed by atoms with Crippen molar-refractivity contribution in [3.05, 3.63) is 35.5 Å². The average Bonchev–Trinajstić information content (AvgIpc) is 2.62. The Labute approximate surface area is 84.5 Å². The van der Waals surface area contributed by atoms with Crippen molar-refractivity contribution in [2.75, 3.05) is 0 Å². The minimum Gasteiger partial charge on any atom is -0.478 e. The Hall–Kier alpha value is -2.30. The topological polar surface area (TPSA) is 96.2 Å². The maximum Gasteiger partial charge on any atom is 0.336 e. The van der Waals surface area contributed by atoms with E-state index in [1.165, 1.54) is 6.07 Å². The summed E-state index contributed by atoms with van der Waals surface area (Å²) in [4.78, 5) is 24.9. The maximum atomic E-state index is 11.2. The van der Waals surface area contributed by atoms with E-state index in [9.17, 15) is 9.59 Å². The summed E-state index contributed by atoms with van der Waals surface area (Å²) in [5.74, 6) is -1.90. The third kappa shape index (κ3) is 1.34. The van der Waals surface area contributed by atoms with Crippen LogP contribution in [0.25, 0.3) is 10.9 Å². The molecule has 2 rings (SSSR count). The molecular formula is C10H8N2O3. The molecule has 0 aliphatic heterocycles. The Morgan fingerprint density at radius 3 is 2.60 bits per heavy atom. The van der Waals surface area contributed by atoms with Crippen LogP contribution in [0.5, 0.6) is 0 Å². The van der Waals surface area contributed by atoms with E-state index < -0.39 is 11.9 Å². The summed E-state index contributed by atoms with van der Waals surface area (Å²) >= 11 is 0. The van der Waals surface area contributed by atoms with Gasteiger partial charge in [-0.1, -0.05) is 0 Å². The predicted octanol–water partition coefficient (Wildman–Crippen LogP) is 0.965. The van der Waals surface area contributed by atoms with E-state index in [4.69, 9.17) is 10.8 Å². The highest BCUT2D eigenvalue weighted by molar-refractivity contribution is 6.13. The van der Waals surface area contributed by atoms with Crippen LogP contribution in [0.2, 0.25) is 0 Å². The number of nitrogens with two attached hydrogens (primary N) is 1. The number of aromatic amines is 1. The summed E-state index contributed by atoms with van der Waals surface area (Å²) in [5.41, 5.74) is 5.82. The molecule has 0 spiro atoms. The van der Waals surface area contributed by atoms with E-state index in [1.807, 2.05) is 0 Å². The fourth-order valence-corrected chi connectivity index (χ4v) is 1.58. The van der Waals surface area contributed by atoms with Crippen LogP contribution in [-0.2, 0) is 0 Å². The van der Waals surface area contributed by atoms with Gasteiger partial charge < -0.3 is 15.8 Å². The molecule has 0 aliphatic rings. The van der Waals surface area contributed by atoms with Gasteiger partial charge in [-0.3, -0.25) is 4.79 Å². The molecule has 0 saturated heterocycles. The maximum absolute atomic E-state index is 11.2.